The van der Waals surface area contributed by atoms with Crippen LogP contribution in [0.1, 0.15) is 12.5 Å². The molecule has 1 atom stereocenters. The van der Waals surface area contributed by atoms with Gasteiger partial charge in [-0.1, -0.05) is 30.7 Å². The van der Waals surface area contributed by atoms with Gasteiger partial charge in [0.2, 0.25) is 0 Å². The lowest BCUT2D eigenvalue weighted by Crippen LogP contribution is -2.33. The average molecular weight is 325 g/mol. The predicted molar refractivity (Wildman–Crippen MR) is 87.5 cm³/mol. The largest absolute Gasteiger partial charge is 0.313 e. The Morgan fingerprint density at radius 3 is 2.86 bits per heavy atom. The first kappa shape index (κ1) is 16.3. The Morgan fingerprint density at radius 1 is 1.33 bits per heavy atom. The Labute approximate surface area is 134 Å². The maximum absolute atomic E-state index is 13.6. The molecule has 112 valence electrons. The third kappa shape index (κ3) is 4.99. The minimum absolute atomic E-state index is 0.167. The van der Waals surface area contributed by atoms with E-state index in [1.54, 1.807) is 18.5 Å². The number of aromatic nitrogens is 1. The van der Waals surface area contributed by atoms with Gasteiger partial charge in [0.15, 0.2) is 0 Å². The molecule has 2 nitrogen and oxygen atoms in total. The summed E-state index contributed by atoms with van der Waals surface area (Å²) in [5, 5.41) is 4.10. The number of nitrogens with one attached hydrogen (secondary N) is 1. The molecule has 2 aromatic rings. The van der Waals surface area contributed by atoms with Gasteiger partial charge in [0.1, 0.15) is 5.82 Å². The van der Waals surface area contributed by atoms with Crippen molar-refractivity contribution in [1.82, 2.24) is 10.3 Å². The number of hydrogen-bond acceptors (Lipinski definition) is 3. The zero-order chi connectivity index (χ0) is 15.1. The van der Waals surface area contributed by atoms with E-state index in [0.29, 0.717) is 9.92 Å². The Hall–Kier alpha value is -1.10. The summed E-state index contributed by atoms with van der Waals surface area (Å²) in [5.41, 5.74) is 1.06. The van der Waals surface area contributed by atoms with E-state index < -0.39 is 0 Å². The molecular weight excluding hydrogens is 307 g/mol. The minimum Gasteiger partial charge on any atom is -0.313 e. The third-order valence-corrected chi connectivity index (χ3v) is 4.64. The van der Waals surface area contributed by atoms with Crippen LogP contribution in [0.2, 0.25) is 5.02 Å². The molecule has 1 heterocycles. The number of likely N-dealkylation sites (N-methyl/N-ethyl adjacent to an activating group) is 1. The van der Waals surface area contributed by atoms with Crippen LogP contribution >= 0.6 is 23.4 Å². The van der Waals surface area contributed by atoms with E-state index in [1.807, 2.05) is 18.2 Å². The highest BCUT2D eigenvalue weighted by Crippen LogP contribution is 2.23. The Balaban J connectivity index is 1.99. The summed E-state index contributed by atoms with van der Waals surface area (Å²) in [6.45, 7) is 2.93. The number of halogens is 2. The molecule has 2 rings (SSSR count). The molecule has 1 unspecified atom stereocenters. The maximum Gasteiger partial charge on any atom is 0.136 e. The van der Waals surface area contributed by atoms with Crippen molar-refractivity contribution in [2.24, 2.45) is 0 Å². The maximum atomic E-state index is 13.6. The molecule has 0 fully saturated rings. The van der Waals surface area contributed by atoms with Crippen LogP contribution in [0.5, 0.6) is 0 Å². The molecule has 0 aliphatic carbocycles. The van der Waals surface area contributed by atoms with E-state index in [4.69, 9.17) is 11.6 Å². The normalized spacial score (nSPS) is 12.3. The molecule has 1 aromatic heterocycles. The first-order valence-corrected chi connectivity index (χ1v) is 8.26. The number of thioether (sulfide) groups is 1. The van der Waals surface area contributed by atoms with Crippen LogP contribution in [0.25, 0.3) is 0 Å². The van der Waals surface area contributed by atoms with Crippen molar-refractivity contribution in [1.29, 1.82) is 0 Å². The van der Waals surface area contributed by atoms with Gasteiger partial charge in [0, 0.05) is 29.1 Å². The molecule has 0 bridgehead atoms. The fraction of sp³-hybridized carbons (Fsp3) is 0.312. The van der Waals surface area contributed by atoms with Crippen molar-refractivity contribution in [3.8, 4) is 0 Å². The molecule has 1 aromatic carbocycles. The van der Waals surface area contributed by atoms with Crippen molar-refractivity contribution >= 4 is 23.4 Å². The minimum atomic E-state index is -0.167. The van der Waals surface area contributed by atoms with Crippen molar-refractivity contribution in [2.45, 2.75) is 24.3 Å². The average Bonchev–Trinajstić information content (AvgIpc) is 2.48. The Morgan fingerprint density at radius 2 is 2.14 bits per heavy atom. The molecule has 0 aliphatic heterocycles. The fourth-order valence-electron chi connectivity index (χ4n) is 2.07. The van der Waals surface area contributed by atoms with Crippen LogP contribution in [0.3, 0.4) is 0 Å². The molecule has 0 radical (unpaired) electrons. The highest BCUT2D eigenvalue weighted by atomic mass is 35.5. The number of pyridine rings is 1. The number of nitrogens with zero attached hydrogens (tertiary/aromatic N) is 1. The van der Waals surface area contributed by atoms with Crippen LogP contribution in [0, 0.1) is 5.82 Å². The predicted octanol–water partition coefficient (Wildman–Crippen LogP) is 4.19. The quantitative estimate of drug-likeness (QED) is 0.773. The van der Waals surface area contributed by atoms with E-state index in [2.05, 4.69) is 17.2 Å². The van der Waals surface area contributed by atoms with Crippen LogP contribution in [0.15, 0.2) is 47.6 Å². The lowest BCUT2D eigenvalue weighted by atomic mass is 10.1. The van der Waals surface area contributed by atoms with Gasteiger partial charge in [-0.3, -0.25) is 4.98 Å². The second-order valence-corrected chi connectivity index (χ2v) is 6.14. The molecule has 0 saturated heterocycles. The van der Waals surface area contributed by atoms with Gasteiger partial charge in [0.25, 0.3) is 0 Å². The monoisotopic (exact) mass is 324 g/mol. The summed E-state index contributed by atoms with van der Waals surface area (Å²) >= 11 is 7.68. The first-order chi connectivity index (χ1) is 10.2. The van der Waals surface area contributed by atoms with Crippen LogP contribution in [-0.2, 0) is 6.42 Å². The summed E-state index contributed by atoms with van der Waals surface area (Å²) in [6, 6.07) is 9.03. The van der Waals surface area contributed by atoms with E-state index in [1.165, 1.54) is 17.8 Å². The number of rotatable bonds is 7. The molecule has 0 saturated carbocycles. The number of benzene rings is 1. The molecule has 0 aliphatic rings. The molecule has 5 heteroatoms. The highest BCUT2D eigenvalue weighted by molar-refractivity contribution is 7.99. The van der Waals surface area contributed by atoms with E-state index in [0.717, 1.165) is 24.3 Å². The van der Waals surface area contributed by atoms with Crippen LogP contribution in [0.4, 0.5) is 4.39 Å². The van der Waals surface area contributed by atoms with E-state index >= 15 is 0 Å². The van der Waals surface area contributed by atoms with Gasteiger partial charge in [-0.25, -0.2) is 4.39 Å². The van der Waals surface area contributed by atoms with Gasteiger partial charge in [0.05, 0.1) is 5.02 Å². The molecular formula is C16H18ClFN2S. The van der Waals surface area contributed by atoms with Crippen molar-refractivity contribution in [3.63, 3.8) is 0 Å². The third-order valence-electron chi connectivity index (χ3n) is 3.09. The zero-order valence-corrected chi connectivity index (χ0v) is 13.4. The molecule has 1 N–H and O–H groups in total. The summed E-state index contributed by atoms with van der Waals surface area (Å²) < 4.78 is 13.6. The van der Waals surface area contributed by atoms with Crippen LogP contribution < -0.4 is 5.32 Å². The smallest absolute Gasteiger partial charge is 0.136 e. The summed E-state index contributed by atoms with van der Waals surface area (Å²) in [6.07, 6.45) is 4.20. The van der Waals surface area contributed by atoms with Gasteiger partial charge >= 0.3 is 0 Å². The summed E-state index contributed by atoms with van der Waals surface area (Å²) in [7, 11) is 0. The molecule has 0 amide bonds. The van der Waals surface area contributed by atoms with Crippen LogP contribution in [-0.4, -0.2) is 23.3 Å². The first-order valence-electron chi connectivity index (χ1n) is 6.89. The summed E-state index contributed by atoms with van der Waals surface area (Å²) in [4.78, 5) is 4.68. The number of hydrogen-bond donors (Lipinski definition) is 1. The van der Waals surface area contributed by atoms with Gasteiger partial charge < -0.3 is 5.32 Å². The Bertz CT molecular complexity index is 580. The second-order valence-electron chi connectivity index (χ2n) is 4.67. The topological polar surface area (TPSA) is 24.9 Å². The Kier molecular flexibility index (Phi) is 6.49. The molecule has 21 heavy (non-hydrogen) atoms. The zero-order valence-electron chi connectivity index (χ0n) is 11.9. The van der Waals surface area contributed by atoms with Gasteiger partial charge in [-0.15, -0.1) is 11.8 Å². The molecule has 0 spiro atoms. The SMILES string of the molecule is CCNC(CSc1ccccc1F)Cc1ccncc1Cl. The lowest BCUT2D eigenvalue weighted by molar-refractivity contribution is 0.570. The van der Waals surface area contributed by atoms with Crippen molar-refractivity contribution in [2.75, 3.05) is 12.3 Å². The van der Waals surface area contributed by atoms with Crippen molar-refractivity contribution < 1.29 is 4.39 Å². The standard InChI is InChI=1S/C16H18ClFN2S/c1-2-20-13(9-12-7-8-19-10-14(12)17)11-21-16-6-4-3-5-15(16)18/h3-8,10,13,20H,2,9,11H2,1H3. The van der Waals surface area contributed by atoms with Crippen molar-refractivity contribution in [3.05, 3.63) is 59.1 Å². The van der Waals surface area contributed by atoms with Gasteiger partial charge in [-0.05, 0) is 36.7 Å². The summed E-state index contributed by atoms with van der Waals surface area (Å²) in [5.74, 6) is 0.618. The fourth-order valence-corrected chi connectivity index (χ4v) is 3.26. The van der Waals surface area contributed by atoms with Gasteiger partial charge in [-0.2, -0.15) is 0 Å². The highest BCUT2D eigenvalue weighted by Gasteiger charge is 2.12. The lowest BCUT2D eigenvalue weighted by Gasteiger charge is -2.18. The van der Waals surface area contributed by atoms with E-state index in [9.17, 15) is 4.39 Å². The van der Waals surface area contributed by atoms with E-state index in [-0.39, 0.29) is 11.9 Å². The second kappa shape index (κ2) is 8.37.